The number of rotatable bonds is 1. The number of nitrogens with zero attached hydrogens (tertiary/aromatic N) is 2. The van der Waals surface area contributed by atoms with Crippen LogP contribution >= 0.6 is 0 Å². The topological polar surface area (TPSA) is 46.0 Å². The standard InChI is InChI=1S/C10H14N2O/c13-9-4-2-8(3-5-9)10-11-6-1-7-12-10/h1,6-9,13H,2-5H2. The molecular formula is C10H14N2O. The van der Waals surface area contributed by atoms with Gasteiger partial charge in [0.05, 0.1) is 6.10 Å². The van der Waals surface area contributed by atoms with E-state index in [0.717, 1.165) is 31.5 Å². The van der Waals surface area contributed by atoms with Gasteiger partial charge in [0.2, 0.25) is 0 Å². The molecule has 13 heavy (non-hydrogen) atoms. The van der Waals surface area contributed by atoms with E-state index in [1.54, 1.807) is 12.4 Å². The molecular weight excluding hydrogens is 164 g/mol. The predicted molar refractivity (Wildman–Crippen MR) is 49.2 cm³/mol. The Bertz CT molecular complexity index is 255. The van der Waals surface area contributed by atoms with E-state index in [1.807, 2.05) is 6.07 Å². The number of aliphatic hydroxyl groups is 1. The first kappa shape index (κ1) is 8.63. The second-order valence-corrected chi connectivity index (χ2v) is 3.61. The van der Waals surface area contributed by atoms with E-state index in [0.29, 0.717) is 5.92 Å². The van der Waals surface area contributed by atoms with Crippen molar-refractivity contribution in [1.29, 1.82) is 0 Å². The molecule has 0 spiro atoms. The fourth-order valence-corrected chi connectivity index (χ4v) is 1.86. The third-order valence-electron chi connectivity index (χ3n) is 2.65. The largest absolute Gasteiger partial charge is 0.393 e. The Balaban J connectivity index is 2.03. The van der Waals surface area contributed by atoms with Crippen molar-refractivity contribution in [3.8, 4) is 0 Å². The van der Waals surface area contributed by atoms with E-state index in [1.165, 1.54) is 0 Å². The smallest absolute Gasteiger partial charge is 0.131 e. The van der Waals surface area contributed by atoms with Crippen molar-refractivity contribution in [3.63, 3.8) is 0 Å². The molecule has 1 saturated carbocycles. The average Bonchev–Trinajstić information content (AvgIpc) is 2.20. The van der Waals surface area contributed by atoms with Crippen molar-refractivity contribution in [2.75, 3.05) is 0 Å². The highest BCUT2D eigenvalue weighted by molar-refractivity contribution is 4.98. The van der Waals surface area contributed by atoms with Gasteiger partial charge >= 0.3 is 0 Å². The maximum Gasteiger partial charge on any atom is 0.131 e. The van der Waals surface area contributed by atoms with Crippen LogP contribution in [-0.2, 0) is 0 Å². The van der Waals surface area contributed by atoms with Gasteiger partial charge in [-0.3, -0.25) is 0 Å². The van der Waals surface area contributed by atoms with Crippen LogP contribution in [0.15, 0.2) is 18.5 Å². The first-order valence-corrected chi connectivity index (χ1v) is 4.81. The Hall–Kier alpha value is -0.960. The van der Waals surface area contributed by atoms with Gasteiger partial charge in [-0.15, -0.1) is 0 Å². The monoisotopic (exact) mass is 178 g/mol. The molecule has 0 unspecified atom stereocenters. The SMILES string of the molecule is OC1CCC(c2ncccn2)CC1. The summed E-state index contributed by atoms with van der Waals surface area (Å²) >= 11 is 0. The molecule has 1 aromatic heterocycles. The highest BCUT2D eigenvalue weighted by atomic mass is 16.3. The minimum atomic E-state index is -0.0973. The van der Waals surface area contributed by atoms with Gasteiger partial charge < -0.3 is 5.11 Å². The fourth-order valence-electron chi connectivity index (χ4n) is 1.86. The molecule has 1 aromatic rings. The summed E-state index contributed by atoms with van der Waals surface area (Å²) in [4.78, 5) is 8.47. The van der Waals surface area contributed by atoms with Crippen molar-refractivity contribution in [2.24, 2.45) is 0 Å². The van der Waals surface area contributed by atoms with Gasteiger partial charge in [0.15, 0.2) is 0 Å². The van der Waals surface area contributed by atoms with Crippen LogP contribution in [0.3, 0.4) is 0 Å². The van der Waals surface area contributed by atoms with Crippen LogP contribution in [0, 0.1) is 0 Å². The summed E-state index contributed by atoms with van der Waals surface area (Å²) in [7, 11) is 0. The van der Waals surface area contributed by atoms with Crippen molar-refractivity contribution in [1.82, 2.24) is 9.97 Å². The number of aromatic nitrogens is 2. The van der Waals surface area contributed by atoms with Crippen molar-refractivity contribution in [3.05, 3.63) is 24.3 Å². The van der Waals surface area contributed by atoms with Gasteiger partial charge in [0, 0.05) is 18.3 Å². The van der Waals surface area contributed by atoms with Crippen LogP contribution in [0.1, 0.15) is 37.4 Å². The minimum absolute atomic E-state index is 0.0973. The van der Waals surface area contributed by atoms with Gasteiger partial charge in [-0.05, 0) is 31.7 Å². The quantitative estimate of drug-likeness (QED) is 0.708. The van der Waals surface area contributed by atoms with E-state index in [9.17, 15) is 5.11 Å². The molecule has 0 radical (unpaired) electrons. The highest BCUT2D eigenvalue weighted by Crippen LogP contribution is 2.30. The van der Waals surface area contributed by atoms with Gasteiger partial charge in [0.1, 0.15) is 5.82 Å². The Kier molecular flexibility index (Phi) is 2.54. The van der Waals surface area contributed by atoms with Crippen molar-refractivity contribution in [2.45, 2.75) is 37.7 Å². The molecule has 0 bridgehead atoms. The molecule has 1 heterocycles. The Morgan fingerprint density at radius 1 is 1.08 bits per heavy atom. The first-order chi connectivity index (χ1) is 6.36. The maximum atomic E-state index is 9.33. The van der Waals surface area contributed by atoms with Gasteiger partial charge in [-0.1, -0.05) is 0 Å². The molecule has 1 N–H and O–H groups in total. The second kappa shape index (κ2) is 3.83. The molecule has 2 rings (SSSR count). The van der Waals surface area contributed by atoms with Gasteiger partial charge in [-0.25, -0.2) is 9.97 Å². The van der Waals surface area contributed by atoms with Crippen LogP contribution in [0.2, 0.25) is 0 Å². The number of aliphatic hydroxyl groups excluding tert-OH is 1. The lowest BCUT2D eigenvalue weighted by molar-refractivity contribution is 0.121. The summed E-state index contributed by atoms with van der Waals surface area (Å²) < 4.78 is 0. The molecule has 70 valence electrons. The zero-order valence-corrected chi connectivity index (χ0v) is 7.56. The summed E-state index contributed by atoms with van der Waals surface area (Å²) in [5.74, 6) is 1.40. The zero-order chi connectivity index (χ0) is 9.10. The maximum absolute atomic E-state index is 9.33. The second-order valence-electron chi connectivity index (χ2n) is 3.61. The minimum Gasteiger partial charge on any atom is -0.393 e. The van der Waals surface area contributed by atoms with Crippen LogP contribution < -0.4 is 0 Å². The molecule has 1 fully saturated rings. The van der Waals surface area contributed by atoms with Crippen LogP contribution in [0.25, 0.3) is 0 Å². The Morgan fingerprint density at radius 3 is 2.31 bits per heavy atom. The van der Waals surface area contributed by atoms with Gasteiger partial charge in [-0.2, -0.15) is 0 Å². The summed E-state index contributed by atoms with van der Waals surface area (Å²) in [5, 5.41) is 9.33. The average molecular weight is 178 g/mol. The van der Waals surface area contributed by atoms with Crippen molar-refractivity contribution < 1.29 is 5.11 Å². The summed E-state index contributed by atoms with van der Waals surface area (Å²) in [6.07, 6.45) is 7.29. The molecule has 0 aliphatic heterocycles. The lowest BCUT2D eigenvalue weighted by Gasteiger charge is -2.23. The summed E-state index contributed by atoms with van der Waals surface area (Å²) in [6.45, 7) is 0. The molecule has 0 aromatic carbocycles. The fraction of sp³-hybridized carbons (Fsp3) is 0.600. The molecule has 1 aliphatic carbocycles. The van der Waals surface area contributed by atoms with E-state index in [-0.39, 0.29) is 6.10 Å². The van der Waals surface area contributed by atoms with Crippen LogP contribution in [-0.4, -0.2) is 21.2 Å². The third-order valence-corrected chi connectivity index (χ3v) is 2.65. The Labute approximate surface area is 77.8 Å². The third kappa shape index (κ3) is 2.04. The summed E-state index contributed by atoms with van der Waals surface area (Å²) in [5.41, 5.74) is 0. The van der Waals surface area contributed by atoms with Crippen LogP contribution in [0.4, 0.5) is 0 Å². The summed E-state index contributed by atoms with van der Waals surface area (Å²) in [6, 6.07) is 1.83. The normalized spacial score (nSPS) is 28.7. The predicted octanol–water partition coefficient (Wildman–Crippen LogP) is 1.50. The van der Waals surface area contributed by atoms with E-state index in [2.05, 4.69) is 9.97 Å². The lowest BCUT2D eigenvalue weighted by atomic mass is 9.87. The molecule has 3 heteroatoms. The molecule has 0 saturated heterocycles. The first-order valence-electron chi connectivity index (χ1n) is 4.81. The zero-order valence-electron chi connectivity index (χ0n) is 7.56. The van der Waals surface area contributed by atoms with E-state index >= 15 is 0 Å². The van der Waals surface area contributed by atoms with E-state index in [4.69, 9.17) is 0 Å². The molecule has 1 aliphatic rings. The lowest BCUT2D eigenvalue weighted by Crippen LogP contribution is -2.18. The number of hydrogen-bond acceptors (Lipinski definition) is 3. The van der Waals surface area contributed by atoms with Crippen molar-refractivity contribution >= 4 is 0 Å². The molecule has 0 amide bonds. The highest BCUT2D eigenvalue weighted by Gasteiger charge is 2.22. The Morgan fingerprint density at radius 2 is 1.69 bits per heavy atom. The number of hydrogen-bond donors (Lipinski definition) is 1. The van der Waals surface area contributed by atoms with E-state index < -0.39 is 0 Å². The molecule has 3 nitrogen and oxygen atoms in total. The van der Waals surface area contributed by atoms with Crippen LogP contribution in [0.5, 0.6) is 0 Å². The molecule has 0 atom stereocenters. The van der Waals surface area contributed by atoms with Gasteiger partial charge in [0.25, 0.3) is 0 Å².